The molecule has 1 saturated heterocycles. The lowest BCUT2D eigenvalue weighted by Crippen LogP contribution is -2.44. The Kier molecular flexibility index (Phi) is 6.24. The molecular weight excluding hydrogens is 322 g/mol. The van der Waals surface area contributed by atoms with Crippen LogP contribution in [0.1, 0.15) is 12.8 Å². The number of amides is 1. The molecule has 0 saturated carbocycles. The highest BCUT2D eigenvalue weighted by atomic mass is 35.5. The molecule has 0 aromatic heterocycles. The van der Waals surface area contributed by atoms with Gasteiger partial charge in [-0.1, -0.05) is 11.6 Å². The maximum Gasteiger partial charge on any atom is 0.334 e. The molecule has 1 heterocycles. The quantitative estimate of drug-likeness (QED) is 0.821. The topological polar surface area (TPSA) is 76.1 Å². The second kappa shape index (κ2) is 8.17. The first kappa shape index (κ1) is 17.6. The van der Waals surface area contributed by atoms with Crippen molar-refractivity contribution in [3.63, 3.8) is 0 Å². The van der Waals surface area contributed by atoms with Crippen LogP contribution in [-0.2, 0) is 14.3 Å². The van der Waals surface area contributed by atoms with Crippen molar-refractivity contribution in [2.75, 3.05) is 26.8 Å². The third-order valence-corrected chi connectivity index (χ3v) is 4.21. The summed E-state index contributed by atoms with van der Waals surface area (Å²) in [6.07, 6.45) is -0.00565. The van der Waals surface area contributed by atoms with Crippen LogP contribution < -0.4 is 4.74 Å². The van der Waals surface area contributed by atoms with E-state index < -0.39 is 12.1 Å². The fourth-order valence-electron chi connectivity index (χ4n) is 2.54. The third-order valence-electron chi connectivity index (χ3n) is 3.96. The maximum absolute atomic E-state index is 12.1. The van der Waals surface area contributed by atoms with Gasteiger partial charge < -0.3 is 19.5 Å². The number of aliphatic hydroxyl groups excluding tert-OH is 1. The average Bonchev–Trinajstić information content (AvgIpc) is 2.59. The van der Waals surface area contributed by atoms with Crippen LogP contribution in [-0.4, -0.2) is 54.8 Å². The number of ether oxygens (including phenoxy) is 2. The van der Waals surface area contributed by atoms with Crippen molar-refractivity contribution in [3.8, 4) is 5.75 Å². The number of carbonyl (C=O) groups is 2. The molecule has 1 atom stereocenters. The summed E-state index contributed by atoms with van der Waals surface area (Å²) in [7, 11) is 1.25. The predicted molar refractivity (Wildman–Crippen MR) is 84.3 cm³/mol. The lowest BCUT2D eigenvalue weighted by atomic mass is 9.91. The van der Waals surface area contributed by atoms with E-state index in [9.17, 15) is 14.7 Å². The van der Waals surface area contributed by atoms with E-state index in [2.05, 4.69) is 4.74 Å². The first-order valence-corrected chi connectivity index (χ1v) is 7.81. The van der Waals surface area contributed by atoms with Gasteiger partial charge in [0.15, 0.2) is 12.7 Å². The molecule has 1 aromatic rings. The predicted octanol–water partition coefficient (Wildman–Crippen LogP) is 1.49. The van der Waals surface area contributed by atoms with E-state index in [4.69, 9.17) is 16.3 Å². The second-order valence-corrected chi connectivity index (χ2v) is 5.87. The summed E-state index contributed by atoms with van der Waals surface area (Å²) in [5.74, 6) is -0.339. The van der Waals surface area contributed by atoms with E-state index in [1.165, 1.54) is 7.11 Å². The van der Waals surface area contributed by atoms with Crippen molar-refractivity contribution in [3.05, 3.63) is 29.3 Å². The Morgan fingerprint density at radius 2 is 1.91 bits per heavy atom. The first-order valence-electron chi connectivity index (χ1n) is 7.43. The van der Waals surface area contributed by atoms with Crippen molar-refractivity contribution < 1.29 is 24.2 Å². The second-order valence-electron chi connectivity index (χ2n) is 5.43. The SMILES string of the molecule is COC(=O)C(O)C1CCN(C(=O)COc2ccc(Cl)cc2)CC1. The summed E-state index contributed by atoms with van der Waals surface area (Å²) >= 11 is 5.78. The molecule has 7 heteroatoms. The van der Waals surface area contributed by atoms with Gasteiger partial charge in [0, 0.05) is 18.1 Å². The van der Waals surface area contributed by atoms with Crippen molar-refractivity contribution in [1.29, 1.82) is 0 Å². The maximum atomic E-state index is 12.1. The highest BCUT2D eigenvalue weighted by molar-refractivity contribution is 6.30. The Hall–Kier alpha value is -1.79. The van der Waals surface area contributed by atoms with Crippen molar-refractivity contribution >= 4 is 23.5 Å². The monoisotopic (exact) mass is 341 g/mol. The van der Waals surface area contributed by atoms with E-state index in [1.807, 2.05) is 0 Å². The standard InChI is InChI=1S/C16H20ClNO5/c1-22-16(21)15(20)11-6-8-18(9-7-11)14(19)10-23-13-4-2-12(17)3-5-13/h2-5,11,15,20H,6-10H2,1H3. The van der Waals surface area contributed by atoms with Gasteiger partial charge >= 0.3 is 5.97 Å². The number of hydrogen-bond acceptors (Lipinski definition) is 5. The molecule has 1 aliphatic heterocycles. The molecule has 23 heavy (non-hydrogen) atoms. The summed E-state index contributed by atoms with van der Waals surface area (Å²) in [5.41, 5.74) is 0. The summed E-state index contributed by atoms with van der Waals surface area (Å²) in [5, 5.41) is 10.4. The number of piperidine rings is 1. The average molecular weight is 342 g/mol. The van der Waals surface area contributed by atoms with Crippen LogP contribution in [0.2, 0.25) is 5.02 Å². The molecule has 1 aromatic carbocycles. The zero-order valence-electron chi connectivity index (χ0n) is 12.9. The Balaban J connectivity index is 1.77. The van der Waals surface area contributed by atoms with Crippen LogP contribution in [0.5, 0.6) is 5.75 Å². The summed E-state index contributed by atoms with van der Waals surface area (Å²) in [6, 6.07) is 6.80. The van der Waals surface area contributed by atoms with E-state index in [-0.39, 0.29) is 18.4 Å². The van der Waals surface area contributed by atoms with Crippen LogP contribution >= 0.6 is 11.6 Å². The van der Waals surface area contributed by atoms with E-state index >= 15 is 0 Å². The Labute approximate surface area is 139 Å². The number of methoxy groups -OCH3 is 1. The Morgan fingerprint density at radius 3 is 2.48 bits per heavy atom. The van der Waals surface area contributed by atoms with Crippen LogP contribution in [0.4, 0.5) is 0 Å². The van der Waals surface area contributed by atoms with Gasteiger partial charge in [0.2, 0.25) is 0 Å². The summed E-state index contributed by atoms with van der Waals surface area (Å²) in [4.78, 5) is 25.1. The molecule has 6 nitrogen and oxygen atoms in total. The molecule has 2 rings (SSSR count). The summed E-state index contributed by atoms with van der Waals surface area (Å²) in [6.45, 7) is 0.926. The van der Waals surface area contributed by atoms with Gasteiger partial charge in [0.1, 0.15) is 5.75 Å². The number of esters is 1. The third kappa shape index (κ3) is 4.84. The molecular formula is C16H20ClNO5. The zero-order chi connectivity index (χ0) is 16.8. The number of benzene rings is 1. The van der Waals surface area contributed by atoms with E-state index in [0.29, 0.717) is 36.7 Å². The number of halogens is 1. The van der Waals surface area contributed by atoms with E-state index in [1.54, 1.807) is 29.2 Å². The van der Waals surface area contributed by atoms with Gasteiger partial charge in [-0.25, -0.2) is 4.79 Å². The lowest BCUT2D eigenvalue weighted by Gasteiger charge is -2.33. The summed E-state index contributed by atoms with van der Waals surface area (Å²) < 4.78 is 9.97. The van der Waals surface area contributed by atoms with Gasteiger partial charge in [0.25, 0.3) is 5.91 Å². The molecule has 0 spiro atoms. The fourth-order valence-corrected chi connectivity index (χ4v) is 2.67. The van der Waals surface area contributed by atoms with Crippen LogP contribution in [0.3, 0.4) is 0 Å². The zero-order valence-corrected chi connectivity index (χ0v) is 13.7. The minimum absolute atomic E-state index is 0.0497. The Bertz CT molecular complexity index is 540. The van der Waals surface area contributed by atoms with Crippen LogP contribution in [0.25, 0.3) is 0 Å². The molecule has 1 amide bonds. The van der Waals surface area contributed by atoms with Crippen LogP contribution in [0.15, 0.2) is 24.3 Å². The highest BCUT2D eigenvalue weighted by Crippen LogP contribution is 2.22. The molecule has 1 fully saturated rings. The minimum Gasteiger partial charge on any atom is -0.484 e. The number of hydrogen-bond donors (Lipinski definition) is 1. The Morgan fingerprint density at radius 1 is 1.30 bits per heavy atom. The molecule has 0 bridgehead atoms. The van der Waals surface area contributed by atoms with Gasteiger partial charge in [-0.2, -0.15) is 0 Å². The van der Waals surface area contributed by atoms with Crippen molar-refractivity contribution in [1.82, 2.24) is 4.90 Å². The van der Waals surface area contributed by atoms with Gasteiger partial charge in [-0.05, 0) is 43.0 Å². The number of likely N-dealkylation sites (tertiary alicyclic amines) is 1. The van der Waals surface area contributed by atoms with E-state index in [0.717, 1.165) is 0 Å². The normalized spacial score (nSPS) is 16.7. The number of nitrogens with zero attached hydrogens (tertiary/aromatic N) is 1. The van der Waals surface area contributed by atoms with Crippen molar-refractivity contribution in [2.24, 2.45) is 5.92 Å². The van der Waals surface area contributed by atoms with Gasteiger partial charge in [-0.3, -0.25) is 4.79 Å². The van der Waals surface area contributed by atoms with Crippen LogP contribution in [0, 0.1) is 5.92 Å². The van der Waals surface area contributed by atoms with Gasteiger partial charge in [0.05, 0.1) is 7.11 Å². The molecule has 1 aliphatic rings. The first-order chi connectivity index (χ1) is 11.0. The smallest absolute Gasteiger partial charge is 0.334 e. The largest absolute Gasteiger partial charge is 0.484 e. The number of aliphatic hydroxyl groups is 1. The van der Waals surface area contributed by atoms with Gasteiger partial charge in [-0.15, -0.1) is 0 Å². The number of rotatable bonds is 5. The van der Waals surface area contributed by atoms with Crippen molar-refractivity contribution in [2.45, 2.75) is 18.9 Å². The lowest BCUT2D eigenvalue weighted by molar-refractivity contribution is -0.154. The number of carbonyl (C=O) groups excluding carboxylic acids is 2. The highest BCUT2D eigenvalue weighted by Gasteiger charge is 2.31. The molecule has 126 valence electrons. The molecule has 1 N–H and O–H groups in total. The molecule has 0 radical (unpaired) electrons. The fraction of sp³-hybridized carbons (Fsp3) is 0.500. The molecule has 1 unspecified atom stereocenters. The molecule has 0 aliphatic carbocycles. The minimum atomic E-state index is -1.12.